The average molecular weight is 911 g/mol. The van der Waals surface area contributed by atoms with Gasteiger partial charge in [-0.3, -0.25) is 0 Å². The Hall–Kier alpha value is -2.20. The molecule has 0 saturated heterocycles. The van der Waals surface area contributed by atoms with Crippen LogP contribution in [0.15, 0.2) is 28.0 Å². The Morgan fingerprint density at radius 2 is 0.790 bits per heavy atom. The highest BCUT2D eigenvalue weighted by atomic mass is 31.1. The summed E-state index contributed by atoms with van der Waals surface area (Å²) in [6.45, 7) is 52.6. The van der Waals surface area contributed by atoms with E-state index in [1.807, 2.05) is 0 Å². The van der Waals surface area contributed by atoms with Crippen molar-refractivity contribution in [1.29, 1.82) is 0 Å². The third kappa shape index (κ3) is 8.31. The van der Waals surface area contributed by atoms with Crippen LogP contribution in [0.2, 0.25) is 0 Å². The largest absolute Gasteiger partial charge is 0.353 e. The lowest BCUT2D eigenvalue weighted by atomic mass is 9.69. The van der Waals surface area contributed by atoms with Gasteiger partial charge in [-0.05, 0) is 286 Å². The summed E-state index contributed by atoms with van der Waals surface area (Å²) in [4.78, 5) is 0. The van der Waals surface area contributed by atoms with E-state index in [-0.39, 0.29) is 0 Å². The summed E-state index contributed by atoms with van der Waals surface area (Å²) in [7, 11) is 2.77. The molecular weight excluding hydrogens is 829 g/mol. The molecule has 0 spiro atoms. The van der Waals surface area contributed by atoms with Crippen LogP contribution < -0.4 is 0 Å². The second-order valence-electron chi connectivity index (χ2n) is 19.6. The topological polar surface area (TPSA) is 18.0 Å². The summed E-state index contributed by atoms with van der Waals surface area (Å²) < 4.78 is 10.8. The van der Waals surface area contributed by atoms with Gasteiger partial charge >= 0.3 is 0 Å². The summed E-state index contributed by atoms with van der Waals surface area (Å²) >= 11 is 0. The summed E-state index contributed by atoms with van der Waals surface area (Å²) in [5.74, 6) is 1.48. The van der Waals surface area contributed by atoms with Gasteiger partial charge in [0, 0.05) is 64.4 Å². The number of allylic oxidation sites excluding steroid dienone is 5. The van der Waals surface area contributed by atoms with Gasteiger partial charge in [0.1, 0.15) is 0 Å². The minimum atomic E-state index is 0.425. The van der Waals surface area contributed by atoms with Gasteiger partial charge in [0.05, 0.1) is 0 Å². The molecule has 1 aliphatic heterocycles. The summed E-state index contributed by atoms with van der Waals surface area (Å²) in [6, 6.07) is 0.531. The molecule has 4 heterocycles. The SMILES string of the molecule is CC1=C(C)C(C)C(CPn2c(C)c(C)c(C)c2C)C(c2c(CPN3C(C)=C(C)C(C)C3C)c(C)c(C)c(C)c2CPn2c(C)c(C)c(C)c2C)=C1CPn1c(C)c(C)c(C)c1C. The van der Waals surface area contributed by atoms with E-state index in [2.05, 4.69) is 170 Å². The Labute approximate surface area is 386 Å². The van der Waals surface area contributed by atoms with Crippen LogP contribution in [-0.2, 0) is 12.3 Å². The molecule has 1 aliphatic carbocycles. The highest BCUT2D eigenvalue weighted by Gasteiger charge is 2.37. The molecule has 0 saturated carbocycles. The first-order valence-electron chi connectivity index (χ1n) is 23.4. The minimum Gasteiger partial charge on any atom is -0.353 e. The van der Waals surface area contributed by atoms with E-state index < -0.39 is 0 Å². The number of benzene rings is 1. The first-order chi connectivity index (χ1) is 29.0. The van der Waals surface area contributed by atoms with Gasteiger partial charge in [0.25, 0.3) is 0 Å². The molecule has 4 nitrogen and oxygen atoms in total. The molecule has 3 aromatic heterocycles. The van der Waals surface area contributed by atoms with Crippen molar-refractivity contribution in [2.24, 2.45) is 17.8 Å². The Kier molecular flexibility index (Phi) is 15.1. The third-order valence-electron chi connectivity index (χ3n) is 17.4. The molecule has 8 atom stereocenters. The van der Waals surface area contributed by atoms with Crippen molar-refractivity contribution in [2.75, 3.05) is 12.3 Å². The van der Waals surface area contributed by atoms with Crippen molar-refractivity contribution in [3.63, 3.8) is 0 Å². The predicted octanol–water partition coefficient (Wildman–Crippen LogP) is 15.7. The summed E-state index contributed by atoms with van der Waals surface area (Å²) in [5.41, 5.74) is 36.3. The van der Waals surface area contributed by atoms with Crippen LogP contribution in [0, 0.1) is 122 Å². The fraction of sp³-hybridized carbons (Fsp3) is 0.556. The molecule has 8 unspecified atom stereocenters. The molecule has 1 aromatic carbocycles. The lowest BCUT2D eigenvalue weighted by Gasteiger charge is -2.39. The van der Waals surface area contributed by atoms with Crippen LogP contribution in [0.25, 0.3) is 5.57 Å². The second-order valence-corrected chi connectivity index (χ2v) is 24.2. The van der Waals surface area contributed by atoms with Crippen molar-refractivity contribution in [2.45, 2.75) is 171 Å². The van der Waals surface area contributed by atoms with E-state index in [1.54, 1.807) is 44.6 Å². The van der Waals surface area contributed by atoms with Gasteiger partial charge in [0.15, 0.2) is 0 Å². The molecule has 8 heteroatoms. The maximum absolute atomic E-state index is 2.77. The molecule has 0 bridgehead atoms. The fourth-order valence-corrected chi connectivity index (χ4v) is 17.5. The highest BCUT2D eigenvalue weighted by molar-refractivity contribution is 7.37. The van der Waals surface area contributed by atoms with E-state index in [9.17, 15) is 0 Å². The zero-order chi connectivity index (χ0) is 46.1. The van der Waals surface area contributed by atoms with Crippen molar-refractivity contribution in [3.05, 3.63) is 129 Å². The average Bonchev–Trinajstić information content (AvgIpc) is 3.72. The zero-order valence-electron chi connectivity index (χ0n) is 42.9. The van der Waals surface area contributed by atoms with Crippen molar-refractivity contribution in [3.8, 4) is 0 Å². The molecule has 0 radical (unpaired) electrons. The summed E-state index contributed by atoms with van der Waals surface area (Å²) in [6.07, 6.45) is 4.39. The second kappa shape index (κ2) is 19.0. The first-order valence-corrected chi connectivity index (χ1v) is 28.0. The lowest BCUT2D eigenvalue weighted by Crippen LogP contribution is -2.27. The lowest BCUT2D eigenvalue weighted by molar-refractivity contribution is 0.408. The van der Waals surface area contributed by atoms with Crippen LogP contribution in [0.4, 0.5) is 0 Å². The van der Waals surface area contributed by atoms with Crippen LogP contribution in [-0.4, -0.2) is 36.0 Å². The molecule has 0 fully saturated rings. The van der Waals surface area contributed by atoms with E-state index in [0.717, 1.165) is 33.4 Å². The van der Waals surface area contributed by atoms with Crippen LogP contribution in [0.1, 0.15) is 149 Å². The Balaban J connectivity index is 1.65. The van der Waals surface area contributed by atoms with Gasteiger partial charge in [0.2, 0.25) is 0 Å². The van der Waals surface area contributed by atoms with Gasteiger partial charge in [-0.25, -0.2) is 0 Å². The quantitative estimate of drug-likeness (QED) is 0.122. The summed E-state index contributed by atoms with van der Waals surface area (Å²) in [5, 5.41) is 0. The van der Waals surface area contributed by atoms with Gasteiger partial charge in [-0.2, -0.15) is 0 Å². The van der Waals surface area contributed by atoms with E-state index in [0.29, 0.717) is 50.0 Å². The Morgan fingerprint density at radius 3 is 1.19 bits per heavy atom. The maximum Gasteiger partial charge on any atom is 0.0357 e. The van der Waals surface area contributed by atoms with Gasteiger partial charge in [-0.15, -0.1) is 0 Å². The van der Waals surface area contributed by atoms with Crippen molar-refractivity contribution in [1.82, 2.24) is 17.7 Å². The fourth-order valence-electron chi connectivity index (χ4n) is 10.9. The van der Waals surface area contributed by atoms with Crippen LogP contribution in [0.5, 0.6) is 0 Å². The number of nitrogens with zero attached hydrogens (tertiary/aromatic N) is 4. The molecule has 2 aliphatic rings. The van der Waals surface area contributed by atoms with E-state index in [1.165, 1.54) is 89.9 Å². The Morgan fingerprint density at radius 1 is 0.403 bits per heavy atom. The number of hydrogen-bond donors (Lipinski definition) is 0. The third-order valence-corrected chi connectivity index (χ3v) is 23.6. The van der Waals surface area contributed by atoms with Gasteiger partial charge in [-0.1, -0.05) is 19.4 Å². The van der Waals surface area contributed by atoms with Crippen molar-refractivity contribution >= 4 is 40.5 Å². The van der Waals surface area contributed by atoms with E-state index >= 15 is 0 Å². The van der Waals surface area contributed by atoms with Crippen LogP contribution >= 0.6 is 34.9 Å². The standard InChI is InChI=1S/C54H82N4P4/c1-27-37(11)49(23-59-55-41(15)29(3)30(4)42(55)16)53(50(38(27)12)24-60-56-43(17)31(5)32(6)44(56)18)54-51(25-61-57-45(19)33(7)34(8)46(57)20)39(13)28(2)40(14)52(54)26-62-58-47(21)35(9)36(10)48(58)22/h29,39,41,51,59-62H,23-26H2,1-22H3. The van der Waals surface area contributed by atoms with E-state index in [4.69, 9.17) is 0 Å². The normalized spacial score (nSPS) is 20.5. The van der Waals surface area contributed by atoms with Crippen LogP contribution in [0.3, 0.4) is 0 Å². The maximum atomic E-state index is 2.77. The molecule has 6 rings (SSSR count). The molecule has 4 aromatic rings. The Bertz CT molecular complexity index is 2450. The zero-order valence-corrected chi connectivity index (χ0v) is 46.9. The number of aromatic nitrogens is 3. The monoisotopic (exact) mass is 911 g/mol. The number of hydrogen-bond acceptors (Lipinski definition) is 1. The first kappa shape index (κ1) is 49.2. The highest BCUT2D eigenvalue weighted by Crippen LogP contribution is 2.53. The minimum absolute atomic E-state index is 0.425. The number of rotatable bonds is 13. The molecule has 338 valence electrons. The predicted molar refractivity (Wildman–Crippen MR) is 284 cm³/mol. The van der Waals surface area contributed by atoms with Crippen molar-refractivity contribution < 1.29 is 0 Å². The molecular formula is C54H82N4P4. The smallest absolute Gasteiger partial charge is 0.0357 e. The molecule has 62 heavy (non-hydrogen) atoms. The molecule has 0 N–H and O–H groups in total. The molecule has 0 amide bonds. The van der Waals surface area contributed by atoms with Gasteiger partial charge < -0.3 is 17.7 Å².